The molecule has 1 rings (SSSR count). The van der Waals surface area contributed by atoms with Gasteiger partial charge in [-0.1, -0.05) is 25.9 Å². The molecule has 0 amide bonds. The van der Waals surface area contributed by atoms with Gasteiger partial charge in [-0.15, -0.1) is 0 Å². The van der Waals surface area contributed by atoms with E-state index in [1.807, 2.05) is 13.8 Å². The minimum absolute atomic E-state index is 0.203. The van der Waals surface area contributed by atoms with E-state index < -0.39 is 0 Å². The van der Waals surface area contributed by atoms with Gasteiger partial charge in [0, 0.05) is 29.5 Å². The maximum Gasteiger partial charge on any atom is 0.144 e. The van der Waals surface area contributed by atoms with Gasteiger partial charge >= 0.3 is 0 Å². The van der Waals surface area contributed by atoms with E-state index >= 15 is 0 Å². The molecule has 0 aromatic carbocycles. The monoisotopic (exact) mass is 259 g/mol. The highest BCUT2D eigenvalue weighted by molar-refractivity contribution is 7.99. The van der Waals surface area contributed by atoms with E-state index in [0.29, 0.717) is 5.84 Å². The van der Waals surface area contributed by atoms with Crippen LogP contribution >= 0.6 is 11.8 Å². The molecule has 0 radical (unpaired) electrons. The van der Waals surface area contributed by atoms with E-state index in [1.54, 1.807) is 0 Å². The molecule has 5 heteroatoms. The van der Waals surface area contributed by atoms with Crippen LogP contribution in [-0.4, -0.2) is 46.6 Å². The number of nitrogens with zero attached hydrogens (tertiary/aromatic N) is 2. The number of hydrogen-bond acceptors (Lipinski definition) is 4. The van der Waals surface area contributed by atoms with Crippen molar-refractivity contribution in [2.75, 3.05) is 25.4 Å². The number of oxime groups is 1. The Morgan fingerprint density at radius 1 is 1.59 bits per heavy atom. The van der Waals surface area contributed by atoms with Crippen LogP contribution in [0.1, 0.15) is 33.6 Å². The second kappa shape index (κ2) is 6.50. The predicted octanol–water partition coefficient (Wildman–Crippen LogP) is 1.98. The second-order valence-electron chi connectivity index (χ2n) is 5.45. The first-order valence-corrected chi connectivity index (χ1v) is 7.32. The zero-order valence-electron chi connectivity index (χ0n) is 11.1. The molecule has 0 spiro atoms. The molecule has 1 fully saturated rings. The topological polar surface area (TPSA) is 61.8 Å². The van der Waals surface area contributed by atoms with E-state index in [1.165, 1.54) is 18.8 Å². The lowest BCUT2D eigenvalue weighted by Crippen LogP contribution is -2.38. The van der Waals surface area contributed by atoms with Crippen molar-refractivity contribution in [1.29, 1.82) is 0 Å². The predicted molar refractivity (Wildman–Crippen MR) is 74.8 cm³/mol. The Labute approximate surface area is 109 Å². The molecule has 1 saturated heterocycles. The summed E-state index contributed by atoms with van der Waals surface area (Å²) < 4.78 is 0. The van der Waals surface area contributed by atoms with E-state index in [9.17, 15) is 0 Å². The summed E-state index contributed by atoms with van der Waals surface area (Å²) in [7, 11) is 0. The highest BCUT2D eigenvalue weighted by Crippen LogP contribution is 2.24. The maximum absolute atomic E-state index is 8.70. The highest BCUT2D eigenvalue weighted by atomic mass is 32.2. The van der Waals surface area contributed by atoms with Crippen molar-refractivity contribution in [2.24, 2.45) is 16.3 Å². The van der Waals surface area contributed by atoms with Crippen LogP contribution in [0.25, 0.3) is 0 Å². The zero-order valence-corrected chi connectivity index (χ0v) is 12.0. The molecule has 0 aromatic rings. The third-order valence-corrected chi connectivity index (χ3v) is 4.54. The van der Waals surface area contributed by atoms with Gasteiger partial charge in [0.1, 0.15) is 5.84 Å². The molecule has 1 heterocycles. The molecule has 1 atom stereocenters. The van der Waals surface area contributed by atoms with Gasteiger partial charge in [0.25, 0.3) is 0 Å². The standard InChI is InChI=1S/C12H25N3OS/c1-10-9-15(7-8-17-10)6-4-5-12(2,3)11(13)14-16/h10,16H,4-9H2,1-3H3,(H2,13,14). The average Bonchev–Trinajstić information content (AvgIpc) is 2.27. The minimum Gasteiger partial charge on any atom is -0.409 e. The molecule has 0 aliphatic carbocycles. The third-order valence-electron chi connectivity index (χ3n) is 3.40. The van der Waals surface area contributed by atoms with Gasteiger partial charge in [-0.2, -0.15) is 11.8 Å². The summed E-state index contributed by atoms with van der Waals surface area (Å²) in [5.41, 5.74) is 5.47. The van der Waals surface area contributed by atoms with Gasteiger partial charge in [-0.3, -0.25) is 0 Å². The van der Waals surface area contributed by atoms with Gasteiger partial charge < -0.3 is 15.8 Å². The fraction of sp³-hybridized carbons (Fsp3) is 0.917. The van der Waals surface area contributed by atoms with Crippen LogP contribution in [-0.2, 0) is 0 Å². The third kappa shape index (κ3) is 4.76. The van der Waals surface area contributed by atoms with Gasteiger partial charge in [-0.25, -0.2) is 0 Å². The number of thioether (sulfide) groups is 1. The molecular formula is C12H25N3OS. The molecule has 4 nitrogen and oxygen atoms in total. The fourth-order valence-electron chi connectivity index (χ4n) is 2.10. The average molecular weight is 259 g/mol. The lowest BCUT2D eigenvalue weighted by Gasteiger charge is -2.31. The number of nitrogens with two attached hydrogens (primary N) is 1. The first-order chi connectivity index (χ1) is 7.95. The van der Waals surface area contributed by atoms with Crippen molar-refractivity contribution in [2.45, 2.75) is 38.9 Å². The quantitative estimate of drug-likeness (QED) is 0.343. The molecule has 100 valence electrons. The van der Waals surface area contributed by atoms with Crippen molar-refractivity contribution in [3.05, 3.63) is 0 Å². The molecule has 3 N–H and O–H groups in total. The first kappa shape index (κ1) is 14.6. The van der Waals surface area contributed by atoms with Gasteiger partial charge in [0.05, 0.1) is 0 Å². The van der Waals surface area contributed by atoms with Crippen LogP contribution in [0.4, 0.5) is 0 Å². The van der Waals surface area contributed by atoms with Crippen molar-refractivity contribution in [1.82, 2.24) is 4.90 Å². The van der Waals surface area contributed by atoms with Crippen LogP contribution in [0.15, 0.2) is 5.16 Å². The second-order valence-corrected chi connectivity index (χ2v) is 7.00. The fourth-order valence-corrected chi connectivity index (χ4v) is 3.18. The Morgan fingerprint density at radius 3 is 2.88 bits per heavy atom. The SMILES string of the molecule is CC1CN(CCCC(C)(C)C(N)=NO)CCS1. The number of rotatable bonds is 5. The maximum atomic E-state index is 8.70. The lowest BCUT2D eigenvalue weighted by atomic mass is 9.86. The van der Waals surface area contributed by atoms with Crippen LogP contribution in [0.2, 0.25) is 0 Å². The molecule has 0 aromatic heterocycles. The van der Waals surface area contributed by atoms with Crippen LogP contribution in [0.3, 0.4) is 0 Å². The van der Waals surface area contributed by atoms with Crippen molar-refractivity contribution >= 4 is 17.6 Å². The smallest absolute Gasteiger partial charge is 0.144 e. The van der Waals surface area contributed by atoms with Gasteiger partial charge in [0.2, 0.25) is 0 Å². The Morgan fingerprint density at radius 2 is 2.29 bits per heavy atom. The zero-order chi connectivity index (χ0) is 12.9. The Hall–Kier alpha value is -0.420. The van der Waals surface area contributed by atoms with Crippen LogP contribution < -0.4 is 5.73 Å². The van der Waals surface area contributed by atoms with Crippen molar-refractivity contribution in [3.63, 3.8) is 0 Å². The van der Waals surface area contributed by atoms with Gasteiger partial charge in [0.15, 0.2) is 0 Å². The molecular weight excluding hydrogens is 234 g/mol. The molecule has 0 saturated carbocycles. The van der Waals surface area contributed by atoms with Crippen LogP contribution in [0.5, 0.6) is 0 Å². The summed E-state index contributed by atoms with van der Waals surface area (Å²) in [6, 6.07) is 0. The summed E-state index contributed by atoms with van der Waals surface area (Å²) in [4.78, 5) is 2.52. The summed E-state index contributed by atoms with van der Waals surface area (Å²) in [6.07, 6.45) is 2.06. The molecule has 1 aliphatic heterocycles. The van der Waals surface area contributed by atoms with Gasteiger partial charge in [-0.05, 0) is 19.4 Å². The molecule has 1 aliphatic rings. The van der Waals surface area contributed by atoms with E-state index in [0.717, 1.165) is 24.6 Å². The first-order valence-electron chi connectivity index (χ1n) is 6.27. The molecule has 0 bridgehead atoms. The van der Waals surface area contributed by atoms with Crippen molar-refractivity contribution < 1.29 is 5.21 Å². The highest BCUT2D eigenvalue weighted by Gasteiger charge is 2.24. The Bertz CT molecular complexity index is 268. The number of hydrogen-bond donors (Lipinski definition) is 2. The van der Waals surface area contributed by atoms with Crippen molar-refractivity contribution in [3.8, 4) is 0 Å². The van der Waals surface area contributed by atoms with E-state index in [4.69, 9.17) is 10.9 Å². The minimum atomic E-state index is -0.203. The van der Waals surface area contributed by atoms with E-state index in [2.05, 4.69) is 28.7 Å². The molecule has 1 unspecified atom stereocenters. The Balaban J connectivity index is 2.27. The largest absolute Gasteiger partial charge is 0.409 e. The van der Waals surface area contributed by atoms with E-state index in [-0.39, 0.29) is 5.41 Å². The Kier molecular flexibility index (Phi) is 5.59. The summed E-state index contributed by atoms with van der Waals surface area (Å²) in [5.74, 6) is 1.57. The normalized spacial score (nSPS) is 23.9. The summed E-state index contributed by atoms with van der Waals surface area (Å²) in [5, 5.41) is 12.6. The lowest BCUT2D eigenvalue weighted by molar-refractivity contribution is 0.264. The summed E-state index contributed by atoms with van der Waals surface area (Å²) in [6.45, 7) is 9.84. The summed E-state index contributed by atoms with van der Waals surface area (Å²) >= 11 is 2.06. The van der Waals surface area contributed by atoms with Crippen LogP contribution in [0, 0.1) is 5.41 Å². The number of amidine groups is 1. The molecule has 17 heavy (non-hydrogen) atoms.